The van der Waals surface area contributed by atoms with E-state index in [0.29, 0.717) is 0 Å². The summed E-state index contributed by atoms with van der Waals surface area (Å²) in [5, 5.41) is 4.21. The Balaban J connectivity index is 2.61. The molecule has 2 rings (SSSR count). The van der Waals surface area contributed by atoms with Gasteiger partial charge in [0.2, 0.25) is 0 Å². The molecule has 0 bridgehead atoms. The fraction of sp³-hybridized carbons (Fsp3) is 0.364. The molecule has 0 aliphatic rings. The van der Waals surface area contributed by atoms with Crippen LogP contribution in [-0.4, -0.2) is 9.61 Å². The van der Waals surface area contributed by atoms with Gasteiger partial charge in [-0.3, -0.25) is 0 Å². The van der Waals surface area contributed by atoms with Gasteiger partial charge in [-0.05, 0) is 23.1 Å². The van der Waals surface area contributed by atoms with Gasteiger partial charge < -0.3 is 0 Å². The van der Waals surface area contributed by atoms with Gasteiger partial charge in [-0.25, -0.2) is 4.52 Å². The van der Waals surface area contributed by atoms with Crippen LogP contribution in [0.4, 0.5) is 0 Å². The van der Waals surface area contributed by atoms with Crippen LogP contribution in [0.2, 0.25) is 0 Å². The highest BCUT2D eigenvalue weighted by atomic mass is 15.2. The number of fused-ring (bicyclic) bond motifs is 1. The molecule has 0 amide bonds. The third kappa shape index (κ3) is 1.44. The smallest absolute Gasteiger partial charge is 0.0661 e. The van der Waals surface area contributed by atoms with Crippen molar-refractivity contribution in [3.8, 4) is 0 Å². The van der Waals surface area contributed by atoms with Gasteiger partial charge in [0, 0.05) is 12.4 Å². The summed E-state index contributed by atoms with van der Waals surface area (Å²) in [7, 11) is 0. The van der Waals surface area contributed by atoms with Crippen molar-refractivity contribution in [2.45, 2.75) is 26.2 Å². The lowest BCUT2D eigenvalue weighted by Crippen LogP contribution is -2.11. The zero-order valence-electron chi connectivity index (χ0n) is 8.28. The van der Waals surface area contributed by atoms with Crippen LogP contribution in [0.25, 0.3) is 5.52 Å². The van der Waals surface area contributed by atoms with Crippen LogP contribution in [0.3, 0.4) is 0 Å². The molecule has 13 heavy (non-hydrogen) atoms. The molecule has 0 aliphatic carbocycles. The fourth-order valence-electron chi connectivity index (χ4n) is 1.36. The molecule has 0 spiro atoms. The second-order valence-electron chi connectivity index (χ2n) is 4.37. The Morgan fingerprint density at radius 3 is 2.62 bits per heavy atom. The molecule has 0 unspecified atom stereocenters. The van der Waals surface area contributed by atoms with Crippen molar-refractivity contribution in [1.82, 2.24) is 9.61 Å². The fourth-order valence-corrected chi connectivity index (χ4v) is 1.36. The maximum atomic E-state index is 4.21. The molecule has 2 aromatic rings. The summed E-state index contributed by atoms with van der Waals surface area (Å²) in [6.07, 6.45) is 3.91. The van der Waals surface area contributed by atoms with Crippen LogP contribution < -0.4 is 0 Å². The highest BCUT2D eigenvalue weighted by molar-refractivity contribution is 5.46. The minimum atomic E-state index is 0.195. The second-order valence-corrected chi connectivity index (χ2v) is 4.37. The van der Waals surface area contributed by atoms with Crippen LogP contribution in [-0.2, 0) is 5.41 Å². The lowest BCUT2D eigenvalue weighted by molar-refractivity contribution is 0.584. The first-order valence-corrected chi connectivity index (χ1v) is 4.51. The summed E-state index contributed by atoms with van der Waals surface area (Å²) in [5.41, 5.74) is 2.65. The number of pyridine rings is 1. The molecular weight excluding hydrogens is 160 g/mol. The standard InChI is InChI=1S/C11H14N2/c1-11(2,3)9-4-5-10-6-7-12-13(10)8-9/h4-8H,1-3H3. The summed E-state index contributed by atoms with van der Waals surface area (Å²) >= 11 is 0. The van der Waals surface area contributed by atoms with E-state index in [2.05, 4.69) is 44.2 Å². The van der Waals surface area contributed by atoms with Crippen LogP contribution in [0, 0.1) is 0 Å². The Morgan fingerprint density at radius 1 is 1.15 bits per heavy atom. The summed E-state index contributed by atoms with van der Waals surface area (Å²) in [6.45, 7) is 6.62. The molecule has 0 aromatic carbocycles. The molecule has 68 valence electrons. The SMILES string of the molecule is CC(C)(C)c1ccc2ccnn2c1. The molecular formula is C11H14N2. The van der Waals surface area contributed by atoms with Crippen molar-refractivity contribution < 1.29 is 0 Å². The van der Waals surface area contributed by atoms with Crippen molar-refractivity contribution in [3.63, 3.8) is 0 Å². The van der Waals surface area contributed by atoms with E-state index in [9.17, 15) is 0 Å². The van der Waals surface area contributed by atoms with E-state index in [1.165, 1.54) is 5.56 Å². The highest BCUT2D eigenvalue weighted by Crippen LogP contribution is 2.21. The van der Waals surface area contributed by atoms with Crippen molar-refractivity contribution in [2.24, 2.45) is 0 Å². The third-order valence-corrected chi connectivity index (χ3v) is 2.26. The van der Waals surface area contributed by atoms with Gasteiger partial charge in [0.15, 0.2) is 0 Å². The normalized spacial score (nSPS) is 12.2. The Hall–Kier alpha value is -1.31. The van der Waals surface area contributed by atoms with Crippen molar-refractivity contribution in [2.75, 3.05) is 0 Å². The molecule has 2 heteroatoms. The summed E-state index contributed by atoms with van der Waals surface area (Å²) < 4.78 is 1.92. The lowest BCUT2D eigenvalue weighted by atomic mass is 9.88. The van der Waals surface area contributed by atoms with Gasteiger partial charge in [-0.15, -0.1) is 0 Å². The molecule has 0 radical (unpaired) electrons. The topological polar surface area (TPSA) is 17.3 Å². The number of rotatable bonds is 0. The summed E-state index contributed by atoms with van der Waals surface area (Å²) in [4.78, 5) is 0. The summed E-state index contributed by atoms with van der Waals surface area (Å²) in [5.74, 6) is 0. The molecule has 0 saturated carbocycles. The average molecular weight is 174 g/mol. The predicted molar refractivity (Wildman–Crippen MR) is 53.9 cm³/mol. The van der Waals surface area contributed by atoms with Gasteiger partial charge in [0.25, 0.3) is 0 Å². The van der Waals surface area contributed by atoms with Crippen LogP contribution in [0.15, 0.2) is 30.6 Å². The van der Waals surface area contributed by atoms with Crippen LogP contribution in [0.1, 0.15) is 26.3 Å². The van der Waals surface area contributed by atoms with E-state index in [1.54, 1.807) is 0 Å². The average Bonchev–Trinajstić information content (AvgIpc) is 2.47. The Morgan fingerprint density at radius 2 is 1.92 bits per heavy atom. The largest absolute Gasteiger partial charge is 0.241 e. The number of nitrogens with zero attached hydrogens (tertiary/aromatic N) is 2. The van der Waals surface area contributed by atoms with Crippen molar-refractivity contribution in [1.29, 1.82) is 0 Å². The molecule has 0 N–H and O–H groups in total. The summed E-state index contributed by atoms with van der Waals surface area (Å²) in [6, 6.07) is 6.27. The van der Waals surface area contributed by atoms with Crippen molar-refractivity contribution in [3.05, 3.63) is 36.2 Å². The first kappa shape index (κ1) is 8.30. The molecule has 0 fully saturated rings. The van der Waals surface area contributed by atoms with Crippen LogP contribution in [0.5, 0.6) is 0 Å². The predicted octanol–water partition coefficient (Wildman–Crippen LogP) is 2.63. The minimum absolute atomic E-state index is 0.195. The van der Waals surface area contributed by atoms with Gasteiger partial charge in [-0.1, -0.05) is 26.8 Å². The molecule has 0 atom stereocenters. The minimum Gasteiger partial charge on any atom is -0.241 e. The van der Waals surface area contributed by atoms with Gasteiger partial charge in [0.1, 0.15) is 0 Å². The first-order valence-electron chi connectivity index (χ1n) is 4.51. The quantitative estimate of drug-likeness (QED) is 0.600. The van der Waals surface area contributed by atoms with E-state index in [4.69, 9.17) is 0 Å². The molecule has 0 saturated heterocycles. The van der Waals surface area contributed by atoms with E-state index >= 15 is 0 Å². The third-order valence-electron chi connectivity index (χ3n) is 2.26. The monoisotopic (exact) mass is 174 g/mol. The zero-order chi connectivity index (χ0) is 9.47. The first-order chi connectivity index (χ1) is 6.07. The lowest BCUT2D eigenvalue weighted by Gasteiger charge is -2.18. The number of hydrogen-bond acceptors (Lipinski definition) is 1. The van der Waals surface area contributed by atoms with Gasteiger partial charge >= 0.3 is 0 Å². The van der Waals surface area contributed by atoms with Crippen LogP contribution >= 0.6 is 0 Å². The molecule has 2 aromatic heterocycles. The molecule has 2 heterocycles. The highest BCUT2D eigenvalue weighted by Gasteiger charge is 2.13. The number of aromatic nitrogens is 2. The van der Waals surface area contributed by atoms with E-state index in [0.717, 1.165) is 5.52 Å². The Labute approximate surface area is 78.2 Å². The number of hydrogen-bond donors (Lipinski definition) is 0. The molecule has 2 nitrogen and oxygen atoms in total. The van der Waals surface area contributed by atoms with Gasteiger partial charge in [-0.2, -0.15) is 5.10 Å². The van der Waals surface area contributed by atoms with E-state index in [-0.39, 0.29) is 5.41 Å². The maximum Gasteiger partial charge on any atom is 0.0661 e. The Bertz CT molecular complexity index is 421. The van der Waals surface area contributed by atoms with Gasteiger partial charge in [0.05, 0.1) is 5.52 Å². The van der Waals surface area contributed by atoms with Crippen molar-refractivity contribution >= 4 is 5.52 Å². The Kier molecular flexibility index (Phi) is 1.65. The molecule has 0 aliphatic heterocycles. The second kappa shape index (κ2) is 2.59. The zero-order valence-corrected chi connectivity index (χ0v) is 8.28. The van der Waals surface area contributed by atoms with E-state index in [1.807, 2.05) is 16.8 Å². The van der Waals surface area contributed by atoms with E-state index < -0.39 is 0 Å². The maximum absolute atomic E-state index is 4.21.